The van der Waals surface area contributed by atoms with Crippen LogP contribution >= 0.6 is 0 Å². The molecule has 0 saturated heterocycles. The third-order valence-electron chi connectivity index (χ3n) is 5.35. The van der Waals surface area contributed by atoms with E-state index in [1.165, 1.54) is 57.8 Å². The van der Waals surface area contributed by atoms with Crippen LogP contribution in [0.3, 0.4) is 0 Å². The van der Waals surface area contributed by atoms with Gasteiger partial charge in [-0.3, -0.25) is 9.59 Å². The quantitative estimate of drug-likeness (QED) is 0.118. The molecule has 0 fully saturated rings. The van der Waals surface area contributed by atoms with Crippen molar-refractivity contribution in [2.45, 2.75) is 117 Å². The van der Waals surface area contributed by atoms with Gasteiger partial charge in [-0.2, -0.15) is 0 Å². The van der Waals surface area contributed by atoms with E-state index in [-0.39, 0.29) is 64.1 Å². The Balaban J connectivity index is -0.00000104. The maximum absolute atomic E-state index is 11.2. The van der Waals surface area contributed by atoms with E-state index in [4.69, 9.17) is 10.2 Å². The van der Waals surface area contributed by atoms with Gasteiger partial charge in [0.15, 0.2) is 5.92 Å². The summed E-state index contributed by atoms with van der Waals surface area (Å²) in [6.07, 6.45) is 18.4. The Morgan fingerprint density at radius 1 is 0.667 bits per heavy atom. The molecular weight excluding hydrogens is 466 g/mol. The number of carbonyl (C=O) groups is 2. The van der Waals surface area contributed by atoms with E-state index < -0.39 is 17.9 Å². The monoisotopic (exact) mass is 510 g/mol. The maximum Gasteiger partial charge on any atom is 2.00 e. The molecule has 2 N–H and O–H groups in total. The van der Waals surface area contributed by atoms with Crippen molar-refractivity contribution in [3.63, 3.8) is 0 Å². The van der Waals surface area contributed by atoms with Gasteiger partial charge in [0.25, 0.3) is 0 Å². The second-order valence-corrected chi connectivity index (χ2v) is 7.80. The Kier molecular flexibility index (Phi) is 23.4. The summed E-state index contributed by atoms with van der Waals surface area (Å²) in [5.41, 5.74) is 0. The zero-order valence-electron chi connectivity index (χ0n) is 19.9. The minimum atomic E-state index is -1.25. The smallest absolute Gasteiger partial charge is 1.00 e. The fraction of sp³-hybridized carbons (Fsp3) is 0.909. The van der Waals surface area contributed by atoms with Crippen molar-refractivity contribution in [2.75, 3.05) is 0 Å². The fourth-order valence-electron chi connectivity index (χ4n) is 3.62. The number of carboxylic acid groups (broad SMARTS) is 2. The number of aliphatic carboxylic acids is 2. The first kappa shape index (κ1) is 29.7. The second-order valence-electron chi connectivity index (χ2n) is 7.80. The molecule has 0 aromatic carbocycles. The van der Waals surface area contributed by atoms with Gasteiger partial charge in [0.2, 0.25) is 0 Å². The number of unbranched alkanes of at least 4 members (excludes halogenated alkanes) is 11. The van der Waals surface area contributed by atoms with E-state index in [9.17, 15) is 9.59 Å². The van der Waals surface area contributed by atoms with Crippen molar-refractivity contribution < 1.29 is 22.7 Å². The zero-order valence-corrected chi connectivity index (χ0v) is 22.3. The Hall–Kier alpha value is 0.511. The molecule has 0 aliphatic carbocycles. The van der Waals surface area contributed by atoms with Crippen LogP contribution in [-0.4, -0.2) is 71.0 Å². The predicted octanol–water partition coefficient (Wildman–Crippen LogP) is 6.51. The van der Waals surface area contributed by atoms with Crippen molar-refractivity contribution in [3.05, 3.63) is 0 Å². The largest absolute Gasteiger partial charge is 2.00 e. The Morgan fingerprint density at radius 2 is 1.00 bits per heavy atom. The molecule has 0 aromatic heterocycles. The SMILES string of the molecule is CCCCCCCCCCCCC(CCCCC)CC(C(=O)O)C(=O)O.[Ba+2].[H-].[H-]. The molecule has 5 heteroatoms. The molecule has 0 amide bonds. The topological polar surface area (TPSA) is 74.6 Å². The standard InChI is InChI=1S/C22H42O4.Ba.2H/c1-3-5-7-8-9-10-11-12-13-15-17-19(16-14-6-4-2)18-20(21(23)24)22(25)26;;;/h19-20H,3-18H2,1-2H3,(H,23,24)(H,25,26);;;/q;+2;2*-1. The second kappa shape index (κ2) is 21.2. The minimum Gasteiger partial charge on any atom is -1.00 e. The molecule has 0 bridgehead atoms. The van der Waals surface area contributed by atoms with Gasteiger partial charge in [-0.1, -0.05) is 110 Å². The molecule has 27 heavy (non-hydrogen) atoms. The van der Waals surface area contributed by atoms with E-state index in [1.807, 2.05) is 0 Å². The van der Waals surface area contributed by atoms with Crippen LogP contribution in [0.25, 0.3) is 0 Å². The van der Waals surface area contributed by atoms with Gasteiger partial charge in [0.05, 0.1) is 0 Å². The molecule has 0 aliphatic rings. The third-order valence-corrected chi connectivity index (χ3v) is 5.35. The van der Waals surface area contributed by atoms with Crippen LogP contribution in [-0.2, 0) is 9.59 Å². The summed E-state index contributed by atoms with van der Waals surface area (Å²) in [5.74, 6) is -3.40. The van der Waals surface area contributed by atoms with Crippen LogP contribution < -0.4 is 0 Å². The Labute approximate surface area is 210 Å². The average Bonchev–Trinajstić information content (AvgIpc) is 2.60. The number of hydrogen-bond donors (Lipinski definition) is 2. The van der Waals surface area contributed by atoms with Crippen molar-refractivity contribution in [1.82, 2.24) is 0 Å². The summed E-state index contributed by atoms with van der Waals surface area (Å²) in [4.78, 5) is 22.3. The molecule has 0 saturated carbocycles. The van der Waals surface area contributed by atoms with Gasteiger partial charge in [-0.05, 0) is 12.3 Å². The fourth-order valence-corrected chi connectivity index (χ4v) is 3.62. The molecular formula is C22H44BaO4. The molecule has 1 unspecified atom stereocenters. The predicted molar refractivity (Wildman–Crippen MR) is 115 cm³/mol. The molecule has 0 aliphatic heterocycles. The molecule has 0 heterocycles. The van der Waals surface area contributed by atoms with Gasteiger partial charge in [0.1, 0.15) is 0 Å². The summed E-state index contributed by atoms with van der Waals surface area (Å²) < 4.78 is 0. The van der Waals surface area contributed by atoms with E-state index in [1.54, 1.807) is 0 Å². The molecule has 0 radical (unpaired) electrons. The first-order valence-electron chi connectivity index (χ1n) is 11.0. The van der Waals surface area contributed by atoms with Gasteiger partial charge < -0.3 is 13.1 Å². The zero-order chi connectivity index (χ0) is 19.6. The van der Waals surface area contributed by atoms with Crippen LogP contribution in [0.15, 0.2) is 0 Å². The minimum absolute atomic E-state index is 0. The van der Waals surface area contributed by atoms with Crippen LogP contribution in [0.2, 0.25) is 0 Å². The van der Waals surface area contributed by atoms with Gasteiger partial charge in [0, 0.05) is 0 Å². The molecule has 0 spiro atoms. The van der Waals surface area contributed by atoms with E-state index in [0.717, 1.165) is 38.5 Å². The van der Waals surface area contributed by atoms with Crippen molar-refractivity contribution >= 4 is 60.8 Å². The van der Waals surface area contributed by atoms with E-state index in [2.05, 4.69) is 13.8 Å². The normalized spacial score (nSPS) is 12.0. The van der Waals surface area contributed by atoms with E-state index in [0.29, 0.717) is 0 Å². The number of carboxylic acids is 2. The van der Waals surface area contributed by atoms with Crippen LogP contribution in [0.5, 0.6) is 0 Å². The van der Waals surface area contributed by atoms with Crippen LogP contribution in [0, 0.1) is 11.8 Å². The van der Waals surface area contributed by atoms with Crippen molar-refractivity contribution in [3.8, 4) is 0 Å². The summed E-state index contributed by atoms with van der Waals surface area (Å²) in [5, 5.41) is 18.3. The number of hydrogen-bond acceptors (Lipinski definition) is 2. The summed E-state index contributed by atoms with van der Waals surface area (Å²) in [6.45, 7) is 4.39. The van der Waals surface area contributed by atoms with Gasteiger partial charge >= 0.3 is 60.8 Å². The molecule has 4 nitrogen and oxygen atoms in total. The van der Waals surface area contributed by atoms with Gasteiger partial charge in [-0.25, -0.2) is 0 Å². The Morgan fingerprint density at radius 3 is 1.41 bits per heavy atom. The summed E-state index contributed by atoms with van der Waals surface area (Å²) >= 11 is 0. The molecule has 0 rings (SSSR count). The van der Waals surface area contributed by atoms with Crippen LogP contribution in [0.4, 0.5) is 0 Å². The van der Waals surface area contributed by atoms with Crippen molar-refractivity contribution in [1.29, 1.82) is 0 Å². The summed E-state index contributed by atoms with van der Waals surface area (Å²) in [6, 6.07) is 0. The van der Waals surface area contributed by atoms with Gasteiger partial charge in [-0.15, -0.1) is 0 Å². The molecule has 1 atom stereocenters. The number of rotatable bonds is 19. The van der Waals surface area contributed by atoms with Crippen LogP contribution in [0.1, 0.15) is 119 Å². The third kappa shape index (κ3) is 18.3. The first-order chi connectivity index (χ1) is 12.5. The molecule has 158 valence electrons. The van der Waals surface area contributed by atoms with E-state index >= 15 is 0 Å². The first-order valence-corrected chi connectivity index (χ1v) is 11.0. The maximum atomic E-state index is 11.2. The molecule has 0 aromatic rings. The summed E-state index contributed by atoms with van der Waals surface area (Å²) in [7, 11) is 0. The Bertz CT molecular complexity index is 357. The van der Waals surface area contributed by atoms with Crippen molar-refractivity contribution in [2.24, 2.45) is 11.8 Å². The average molecular weight is 510 g/mol.